The van der Waals surface area contributed by atoms with E-state index in [0.717, 1.165) is 17.0 Å². The molecule has 0 aliphatic heterocycles. The summed E-state index contributed by atoms with van der Waals surface area (Å²) in [6.45, 7) is 0.381. The van der Waals surface area contributed by atoms with E-state index in [1.807, 2.05) is 66.9 Å². The fraction of sp³-hybridized carbons (Fsp3) is 0.227. The first-order valence-corrected chi connectivity index (χ1v) is 9.40. The van der Waals surface area contributed by atoms with Crippen LogP contribution in [0.3, 0.4) is 0 Å². The number of nitrogens with one attached hydrogen (secondary N) is 1. The molecule has 0 spiro atoms. The largest absolute Gasteiger partial charge is 0.492 e. The number of carbonyl (C=O) groups is 2. The van der Waals surface area contributed by atoms with E-state index in [9.17, 15) is 9.59 Å². The van der Waals surface area contributed by atoms with E-state index in [0.29, 0.717) is 19.6 Å². The van der Waals surface area contributed by atoms with Crippen LogP contribution in [0.25, 0.3) is 5.69 Å². The predicted molar refractivity (Wildman–Crippen MR) is 108 cm³/mol. The molecule has 0 atom stereocenters. The van der Waals surface area contributed by atoms with E-state index in [-0.39, 0.29) is 18.9 Å². The zero-order chi connectivity index (χ0) is 20.3. The Balaban J connectivity index is 1.30. The van der Waals surface area contributed by atoms with Crippen molar-refractivity contribution in [2.75, 3.05) is 19.8 Å². The van der Waals surface area contributed by atoms with Crippen molar-refractivity contribution in [2.45, 2.75) is 12.8 Å². The van der Waals surface area contributed by atoms with Gasteiger partial charge < -0.3 is 14.8 Å². The minimum Gasteiger partial charge on any atom is -0.492 e. The van der Waals surface area contributed by atoms with Crippen LogP contribution in [0, 0.1) is 0 Å². The first-order chi connectivity index (χ1) is 14.2. The third-order valence-corrected chi connectivity index (χ3v) is 4.08. The molecule has 7 heteroatoms. The number of amides is 1. The number of benzene rings is 2. The molecule has 0 unspecified atom stereocenters. The van der Waals surface area contributed by atoms with Gasteiger partial charge in [0.05, 0.1) is 18.4 Å². The number of ether oxygens (including phenoxy) is 2. The Morgan fingerprint density at radius 3 is 2.48 bits per heavy atom. The highest BCUT2D eigenvalue weighted by Crippen LogP contribution is 2.09. The summed E-state index contributed by atoms with van der Waals surface area (Å²) in [7, 11) is 0. The van der Waals surface area contributed by atoms with Crippen LogP contribution in [0.4, 0.5) is 0 Å². The number of nitrogens with zero attached hydrogens (tertiary/aromatic N) is 2. The van der Waals surface area contributed by atoms with Crippen LogP contribution < -0.4 is 10.1 Å². The van der Waals surface area contributed by atoms with Gasteiger partial charge in [-0.2, -0.15) is 5.10 Å². The van der Waals surface area contributed by atoms with Crippen molar-refractivity contribution in [1.82, 2.24) is 15.1 Å². The Kier molecular flexibility index (Phi) is 7.40. The molecule has 7 nitrogen and oxygen atoms in total. The molecule has 1 heterocycles. The van der Waals surface area contributed by atoms with Crippen molar-refractivity contribution in [2.24, 2.45) is 0 Å². The van der Waals surface area contributed by atoms with Gasteiger partial charge in [-0.1, -0.05) is 36.4 Å². The lowest BCUT2D eigenvalue weighted by Crippen LogP contribution is -2.32. The number of esters is 1. The predicted octanol–water partition coefficient (Wildman–Crippen LogP) is 2.54. The van der Waals surface area contributed by atoms with Crippen LogP contribution in [0.2, 0.25) is 0 Å². The van der Waals surface area contributed by atoms with Crippen molar-refractivity contribution < 1.29 is 19.1 Å². The van der Waals surface area contributed by atoms with Crippen molar-refractivity contribution in [3.63, 3.8) is 0 Å². The molecule has 0 fully saturated rings. The molecule has 0 radical (unpaired) electrons. The summed E-state index contributed by atoms with van der Waals surface area (Å²) < 4.78 is 12.2. The highest BCUT2D eigenvalue weighted by Gasteiger charge is 2.09. The normalized spacial score (nSPS) is 10.3. The minimum atomic E-state index is -0.423. The average Bonchev–Trinajstić information content (AvgIpc) is 3.24. The maximum atomic E-state index is 11.9. The number of rotatable bonds is 10. The first-order valence-electron chi connectivity index (χ1n) is 9.40. The zero-order valence-corrected chi connectivity index (χ0v) is 16.0. The molecule has 29 heavy (non-hydrogen) atoms. The first kappa shape index (κ1) is 20.1. The number of carbonyl (C=O) groups excluding carboxylic acids is 2. The molecule has 0 aliphatic rings. The topological polar surface area (TPSA) is 82.5 Å². The lowest BCUT2D eigenvalue weighted by atomic mass is 10.2. The summed E-state index contributed by atoms with van der Waals surface area (Å²) in [5.74, 6) is -0.0381. The minimum absolute atomic E-state index is 0.185. The molecule has 3 aromatic rings. The number of aromatic nitrogens is 2. The van der Waals surface area contributed by atoms with Crippen molar-refractivity contribution in [3.8, 4) is 11.4 Å². The fourth-order valence-corrected chi connectivity index (χ4v) is 2.60. The summed E-state index contributed by atoms with van der Waals surface area (Å²) in [5, 5.41) is 6.94. The molecule has 150 valence electrons. The molecule has 1 amide bonds. The molecule has 1 aromatic heterocycles. The molecule has 1 N–H and O–H groups in total. The van der Waals surface area contributed by atoms with Crippen LogP contribution >= 0.6 is 0 Å². The number of hydrogen-bond acceptors (Lipinski definition) is 5. The maximum Gasteiger partial charge on any atom is 0.306 e. The van der Waals surface area contributed by atoms with Crippen molar-refractivity contribution >= 4 is 11.9 Å². The van der Waals surface area contributed by atoms with E-state index < -0.39 is 5.97 Å². The number of hydrogen-bond donors (Lipinski definition) is 1. The molecule has 0 aliphatic carbocycles. The Labute approximate surface area is 169 Å². The summed E-state index contributed by atoms with van der Waals surface area (Å²) in [4.78, 5) is 23.6. The van der Waals surface area contributed by atoms with E-state index in [4.69, 9.17) is 9.47 Å². The van der Waals surface area contributed by atoms with Crippen LogP contribution in [0.5, 0.6) is 5.75 Å². The van der Waals surface area contributed by atoms with Gasteiger partial charge in [0.1, 0.15) is 12.4 Å². The second kappa shape index (κ2) is 10.7. The summed E-state index contributed by atoms with van der Waals surface area (Å²) >= 11 is 0. The Morgan fingerprint density at radius 2 is 1.72 bits per heavy atom. The van der Waals surface area contributed by atoms with Gasteiger partial charge in [-0.25, -0.2) is 4.68 Å². The number of aryl methyl sites for hydroxylation is 1. The van der Waals surface area contributed by atoms with Crippen LogP contribution in [-0.2, 0) is 20.7 Å². The van der Waals surface area contributed by atoms with Gasteiger partial charge in [0.25, 0.3) is 5.91 Å². The smallest absolute Gasteiger partial charge is 0.306 e. The van der Waals surface area contributed by atoms with Gasteiger partial charge in [-0.3, -0.25) is 9.59 Å². The summed E-state index contributed by atoms with van der Waals surface area (Å²) in [6.07, 6.45) is 4.28. The van der Waals surface area contributed by atoms with Gasteiger partial charge >= 0.3 is 5.97 Å². The van der Waals surface area contributed by atoms with Crippen LogP contribution in [0.15, 0.2) is 73.1 Å². The standard InChI is InChI=1S/C22H23N3O4/c26-21(23-13-14-28-20-9-5-2-6-10-20)17-29-22(27)12-11-18-15-24-25(16-18)19-7-3-1-4-8-19/h1-10,15-16H,11-14,17H2,(H,23,26). The molecular formula is C22H23N3O4. The third-order valence-electron chi connectivity index (χ3n) is 4.08. The Morgan fingerprint density at radius 1 is 1.00 bits per heavy atom. The third kappa shape index (κ3) is 6.80. The second-order valence-corrected chi connectivity index (χ2v) is 6.30. The fourth-order valence-electron chi connectivity index (χ4n) is 2.60. The molecule has 0 bridgehead atoms. The summed E-state index contributed by atoms with van der Waals surface area (Å²) in [6, 6.07) is 19.1. The van der Waals surface area contributed by atoms with Gasteiger partial charge in [-0.15, -0.1) is 0 Å². The van der Waals surface area contributed by atoms with Crippen molar-refractivity contribution in [3.05, 3.63) is 78.6 Å². The SMILES string of the molecule is O=C(COC(=O)CCc1cnn(-c2ccccc2)c1)NCCOc1ccccc1. The van der Waals surface area contributed by atoms with Gasteiger partial charge in [0, 0.05) is 12.6 Å². The molecule has 3 rings (SSSR count). The number of para-hydroxylation sites is 2. The van der Waals surface area contributed by atoms with E-state index in [2.05, 4.69) is 10.4 Å². The second-order valence-electron chi connectivity index (χ2n) is 6.30. The van der Waals surface area contributed by atoms with Gasteiger partial charge in [0.15, 0.2) is 6.61 Å². The maximum absolute atomic E-state index is 11.9. The van der Waals surface area contributed by atoms with E-state index >= 15 is 0 Å². The van der Waals surface area contributed by atoms with Gasteiger partial charge in [0.2, 0.25) is 0 Å². The highest BCUT2D eigenvalue weighted by atomic mass is 16.5. The molecule has 0 saturated carbocycles. The summed E-state index contributed by atoms with van der Waals surface area (Å²) in [5.41, 5.74) is 1.88. The Hall–Kier alpha value is -3.61. The van der Waals surface area contributed by atoms with Crippen LogP contribution in [-0.4, -0.2) is 41.4 Å². The van der Waals surface area contributed by atoms with Crippen molar-refractivity contribution in [1.29, 1.82) is 0 Å². The Bertz CT molecular complexity index is 910. The highest BCUT2D eigenvalue weighted by molar-refractivity contribution is 5.80. The molecule has 0 saturated heterocycles. The zero-order valence-electron chi connectivity index (χ0n) is 16.0. The quantitative estimate of drug-likeness (QED) is 0.423. The van der Waals surface area contributed by atoms with E-state index in [1.165, 1.54) is 0 Å². The van der Waals surface area contributed by atoms with Crippen LogP contribution in [0.1, 0.15) is 12.0 Å². The average molecular weight is 393 g/mol. The lowest BCUT2D eigenvalue weighted by molar-refractivity contribution is -0.148. The molecular weight excluding hydrogens is 370 g/mol. The van der Waals surface area contributed by atoms with E-state index in [1.54, 1.807) is 10.9 Å². The van der Waals surface area contributed by atoms with Gasteiger partial charge in [-0.05, 0) is 36.2 Å². The monoisotopic (exact) mass is 393 g/mol. The lowest BCUT2D eigenvalue weighted by Gasteiger charge is -2.08. The molecule has 2 aromatic carbocycles.